The Balaban J connectivity index is 2.29. The summed E-state index contributed by atoms with van der Waals surface area (Å²) >= 11 is 5.54. The van der Waals surface area contributed by atoms with E-state index in [1.807, 2.05) is 0 Å². The Hall–Kier alpha value is -2.14. The Morgan fingerprint density at radius 3 is 2.71 bits per heavy atom. The summed E-state index contributed by atoms with van der Waals surface area (Å²) in [5.41, 5.74) is 0.0733. The molecule has 3 aromatic rings. The van der Waals surface area contributed by atoms with E-state index in [0.717, 1.165) is 6.07 Å². The Bertz CT molecular complexity index is 892. The van der Waals surface area contributed by atoms with Gasteiger partial charge in [-0.25, -0.2) is 8.78 Å². The molecule has 0 fully saturated rings. The molecule has 21 heavy (non-hydrogen) atoms. The van der Waals surface area contributed by atoms with Crippen molar-refractivity contribution < 1.29 is 13.5 Å². The first-order chi connectivity index (χ1) is 10.1. The Kier molecular flexibility index (Phi) is 3.51. The summed E-state index contributed by atoms with van der Waals surface area (Å²) in [5.74, 6) is -0.766. The third-order valence-electron chi connectivity index (χ3n) is 3.13. The van der Waals surface area contributed by atoms with Gasteiger partial charge in [0.2, 0.25) is 0 Å². The lowest BCUT2D eigenvalue weighted by molar-refractivity contribution is 0.343. The van der Waals surface area contributed by atoms with E-state index in [9.17, 15) is 13.6 Å². The number of halogens is 3. The quantitative estimate of drug-likeness (QED) is 0.593. The smallest absolute Gasteiger partial charge is 0.200 e. The highest BCUT2D eigenvalue weighted by Crippen LogP contribution is 2.22. The van der Waals surface area contributed by atoms with Crippen LogP contribution in [0.4, 0.5) is 8.78 Å². The molecule has 0 atom stereocenters. The minimum Gasteiger partial charge on any atom is -0.492 e. The molecular weight excluding hydrogens is 300 g/mol. The first kappa shape index (κ1) is 13.8. The lowest BCUT2D eigenvalue weighted by Crippen LogP contribution is -2.07. The zero-order valence-corrected chi connectivity index (χ0v) is 11.5. The van der Waals surface area contributed by atoms with Crippen LogP contribution in [-0.2, 0) is 0 Å². The number of H-pyrrole nitrogens is 1. The normalized spacial score (nSPS) is 11.2. The summed E-state index contributed by atoms with van der Waals surface area (Å²) in [4.78, 5) is 15.2. The average molecular weight is 310 g/mol. The summed E-state index contributed by atoms with van der Waals surface area (Å²) in [5, 5.41) is 0.157. The van der Waals surface area contributed by atoms with Crippen molar-refractivity contribution in [3.05, 3.63) is 52.2 Å². The van der Waals surface area contributed by atoms with Gasteiger partial charge in [0.05, 0.1) is 22.3 Å². The van der Waals surface area contributed by atoms with E-state index in [1.165, 1.54) is 0 Å². The lowest BCUT2D eigenvalue weighted by atomic mass is 10.1. The fraction of sp³-hybridized carbons (Fsp3) is 0.133. The highest BCUT2D eigenvalue weighted by atomic mass is 35.5. The molecule has 0 saturated heterocycles. The molecule has 0 bridgehead atoms. The third-order valence-corrected chi connectivity index (χ3v) is 3.29. The maximum Gasteiger partial charge on any atom is 0.200 e. The molecule has 1 aromatic heterocycles. The molecule has 3 nitrogen and oxygen atoms in total. The van der Waals surface area contributed by atoms with Crippen molar-refractivity contribution in [1.82, 2.24) is 4.98 Å². The van der Waals surface area contributed by atoms with Gasteiger partial charge >= 0.3 is 0 Å². The highest BCUT2D eigenvalue weighted by molar-refractivity contribution is 6.18. The highest BCUT2D eigenvalue weighted by Gasteiger charge is 2.12. The minimum atomic E-state index is -0.879. The molecule has 0 spiro atoms. The van der Waals surface area contributed by atoms with Crippen LogP contribution >= 0.6 is 11.6 Å². The van der Waals surface area contributed by atoms with Crippen LogP contribution in [0.2, 0.25) is 0 Å². The Labute approximate surface area is 123 Å². The first-order valence-electron chi connectivity index (χ1n) is 6.23. The lowest BCUT2D eigenvalue weighted by Gasteiger charge is -2.07. The SMILES string of the molecule is O=c1c2ccc(OCCCl)cc2[nH]c2cc(F)cc(F)c12. The van der Waals surface area contributed by atoms with Gasteiger partial charge in [-0.1, -0.05) is 0 Å². The number of pyridine rings is 1. The van der Waals surface area contributed by atoms with Gasteiger partial charge in [0.1, 0.15) is 24.0 Å². The van der Waals surface area contributed by atoms with Crippen molar-refractivity contribution >= 4 is 33.4 Å². The minimum absolute atomic E-state index is 0.111. The fourth-order valence-corrected chi connectivity index (χ4v) is 2.33. The average Bonchev–Trinajstić information content (AvgIpc) is 2.44. The van der Waals surface area contributed by atoms with Crippen LogP contribution in [0.25, 0.3) is 21.8 Å². The predicted octanol–water partition coefficient (Wildman–Crippen LogP) is 3.58. The molecule has 3 rings (SSSR count). The summed E-state index contributed by atoms with van der Waals surface area (Å²) in [6, 6.07) is 6.54. The predicted molar refractivity (Wildman–Crippen MR) is 78.2 cm³/mol. The summed E-state index contributed by atoms with van der Waals surface area (Å²) < 4.78 is 32.4. The third kappa shape index (κ3) is 2.45. The molecule has 0 unspecified atom stereocenters. The van der Waals surface area contributed by atoms with Crippen LogP contribution in [0, 0.1) is 11.6 Å². The Morgan fingerprint density at radius 2 is 1.95 bits per heavy atom. The Morgan fingerprint density at radius 1 is 1.14 bits per heavy atom. The number of rotatable bonds is 3. The van der Waals surface area contributed by atoms with Gasteiger partial charge in [-0.05, 0) is 18.2 Å². The first-order valence-corrected chi connectivity index (χ1v) is 6.77. The van der Waals surface area contributed by atoms with E-state index in [0.29, 0.717) is 35.2 Å². The number of alkyl halides is 1. The number of ether oxygens (including phenoxy) is 1. The number of nitrogens with one attached hydrogen (secondary N) is 1. The second kappa shape index (κ2) is 5.33. The largest absolute Gasteiger partial charge is 0.492 e. The van der Waals surface area contributed by atoms with Crippen LogP contribution < -0.4 is 10.2 Å². The van der Waals surface area contributed by atoms with Crippen LogP contribution in [0.3, 0.4) is 0 Å². The van der Waals surface area contributed by atoms with E-state index in [4.69, 9.17) is 16.3 Å². The zero-order valence-electron chi connectivity index (χ0n) is 10.8. The number of hydrogen-bond donors (Lipinski definition) is 1. The molecular formula is C15H10ClF2NO2. The number of aromatic nitrogens is 1. The van der Waals surface area contributed by atoms with Crippen molar-refractivity contribution in [2.75, 3.05) is 12.5 Å². The van der Waals surface area contributed by atoms with E-state index < -0.39 is 17.1 Å². The fourth-order valence-electron chi connectivity index (χ4n) is 2.25. The molecule has 1 N–H and O–H groups in total. The number of fused-ring (bicyclic) bond motifs is 2. The number of benzene rings is 2. The van der Waals surface area contributed by atoms with Gasteiger partial charge in [-0.2, -0.15) is 0 Å². The van der Waals surface area contributed by atoms with E-state index in [1.54, 1.807) is 18.2 Å². The molecule has 0 aliphatic rings. The summed E-state index contributed by atoms with van der Waals surface area (Å²) in [7, 11) is 0. The van der Waals surface area contributed by atoms with Crippen molar-refractivity contribution in [2.24, 2.45) is 0 Å². The molecule has 1 heterocycles. The molecule has 2 aromatic carbocycles. The van der Waals surface area contributed by atoms with Crippen molar-refractivity contribution in [1.29, 1.82) is 0 Å². The maximum atomic E-state index is 13.8. The van der Waals surface area contributed by atoms with Gasteiger partial charge < -0.3 is 9.72 Å². The van der Waals surface area contributed by atoms with Gasteiger partial charge in [-0.3, -0.25) is 4.79 Å². The standard InChI is InChI=1S/C15H10ClF2NO2/c16-3-4-21-9-1-2-10-12(7-9)19-13-6-8(17)5-11(18)14(13)15(10)20/h1-2,5-7H,3-4H2,(H,19,20). The number of hydrogen-bond acceptors (Lipinski definition) is 2. The van der Waals surface area contributed by atoms with Crippen molar-refractivity contribution in [3.63, 3.8) is 0 Å². The molecule has 0 amide bonds. The van der Waals surface area contributed by atoms with Crippen LogP contribution in [0.1, 0.15) is 0 Å². The van der Waals surface area contributed by atoms with Gasteiger partial charge in [0.15, 0.2) is 5.43 Å². The van der Waals surface area contributed by atoms with Gasteiger partial charge in [0, 0.05) is 17.5 Å². The maximum absolute atomic E-state index is 13.8. The zero-order chi connectivity index (χ0) is 15.0. The van der Waals surface area contributed by atoms with Crippen LogP contribution in [-0.4, -0.2) is 17.5 Å². The van der Waals surface area contributed by atoms with Gasteiger partial charge in [0.25, 0.3) is 0 Å². The van der Waals surface area contributed by atoms with E-state index >= 15 is 0 Å². The molecule has 6 heteroatoms. The second-order valence-electron chi connectivity index (χ2n) is 4.51. The van der Waals surface area contributed by atoms with Crippen molar-refractivity contribution in [3.8, 4) is 5.75 Å². The molecule has 0 aliphatic carbocycles. The van der Waals surface area contributed by atoms with Gasteiger partial charge in [-0.15, -0.1) is 11.6 Å². The summed E-state index contributed by atoms with van der Waals surface area (Å²) in [6.45, 7) is 0.328. The second-order valence-corrected chi connectivity index (χ2v) is 4.89. The van der Waals surface area contributed by atoms with E-state index in [2.05, 4.69) is 4.98 Å². The molecule has 0 aliphatic heterocycles. The number of aromatic amines is 1. The van der Waals surface area contributed by atoms with Crippen LogP contribution in [0.5, 0.6) is 5.75 Å². The molecule has 108 valence electrons. The van der Waals surface area contributed by atoms with Crippen LogP contribution in [0.15, 0.2) is 35.1 Å². The van der Waals surface area contributed by atoms with Crippen molar-refractivity contribution in [2.45, 2.75) is 0 Å². The molecule has 0 saturated carbocycles. The summed E-state index contributed by atoms with van der Waals surface area (Å²) in [6.07, 6.45) is 0. The molecule has 0 radical (unpaired) electrons. The van der Waals surface area contributed by atoms with E-state index in [-0.39, 0.29) is 10.9 Å². The topological polar surface area (TPSA) is 42.1 Å². The monoisotopic (exact) mass is 309 g/mol.